The van der Waals surface area contributed by atoms with Gasteiger partial charge in [-0.1, -0.05) is 84.9 Å². The van der Waals surface area contributed by atoms with Crippen LogP contribution in [0.3, 0.4) is 0 Å². The highest BCUT2D eigenvalue weighted by molar-refractivity contribution is 6.10. The molecule has 0 unspecified atom stereocenters. The third kappa shape index (κ3) is 4.28. The molecule has 0 saturated carbocycles. The summed E-state index contributed by atoms with van der Waals surface area (Å²) < 4.78 is 4.58. The van der Waals surface area contributed by atoms with Crippen molar-refractivity contribution in [1.82, 2.24) is 9.13 Å². The molecule has 8 aromatic rings. The summed E-state index contributed by atoms with van der Waals surface area (Å²) in [6, 6.07) is 50.2. The highest BCUT2D eigenvalue weighted by atomic mass is 15.0. The minimum absolute atomic E-state index is 0.606. The van der Waals surface area contributed by atoms with Gasteiger partial charge in [0.15, 0.2) is 0 Å². The first-order valence-corrected chi connectivity index (χ1v) is 15.0. The van der Waals surface area contributed by atoms with E-state index < -0.39 is 0 Å². The molecule has 8 rings (SSSR count). The Bertz CT molecular complexity index is 2440. The lowest BCUT2D eigenvalue weighted by atomic mass is 10.0. The van der Waals surface area contributed by atoms with Gasteiger partial charge in [0.1, 0.15) is 0 Å². The van der Waals surface area contributed by atoms with Gasteiger partial charge in [-0.05, 0) is 78.2 Å². The van der Waals surface area contributed by atoms with Gasteiger partial charge in [-0.25, -0.2) is 0 Å². The number of nitriles is 2. The van der Waals surface area contributed by atoms with Gasteiger partial charge in [0.25, 0.3) is 0 Å². The Labute approximate surface area is 260 Å². The van der Waals surface area contributed by atoms with Crippen LogP contribution in [0.1, 0.15) is 22.3 Å². The summed E-state index contributed by atoms with van der Waals surface area (Å²) in [6.45, 7) is 0. The molecule has 0 saturated heterocycles. The molecule has 2 heterocycles. The van der Waals surface area contributed by atoms with E-state index in [1.165, 1.54) is 21.5 Å². The van der Waals surface area contributed by atoms with E-state index in [0.29, 0.717) is 17.5 Å². The van der Waals surface area contributed by atoms with E-state index >= 15 is 0 Å². The SMILES string of the molecule is N#Cc1ccc(-n2c3ccccc3c3ccccc32)c(/C=C/Cc2cc(C#N)ccc2-n2c3ccccc3c3ccccc32)c1. The van der Waals surface area contributed by atoms with Gasteiger partial charge >= 0.3 is 0 Å². The first kappa shape index (κ1) is 26.3. The van der Waals surface area contributed by atoms with Crippen molar-refractivity contribution < 1.29 is 0 Å². The van der Waals surface area contributed by atoms with Crippen LogP contribution in [0.2, 0.25) is 0 Å². The second-order valence-electron chi connectivity index (χ2n) is 11.2. The number of para-hydroxylation sites is 4. The Hall–Kier alpha value is -6.36. The van der Waals surface area contributed by atoms with Crippen molar-refractivity contribution in [1.29, 1.82) is 10.5 Å². The Morgan fingerprint density at radius 1 is 0.489 bits per heavy atom. The van der Waals surface area contributed by atoms with Crippen LogP contribution in [-0.2, 0) is 6.42 Å². The minimum Gasteiger partial charge on any atom is -0.309 e. The molecule has 45 heavy (non-hydrogen) atoms. The molecule has 210 valence electrons. The zero-order valence-electron chi connectivity index (χ0n) is 24.4. The van der Waals surface area contributed by atoms with E-state index in [1.807, 2.05) is 30.3 Å². The molecule has 0 N–H and O–H groups in total. The van der Waals surface area contributed by atoms with Gasteiger partial charge in [-0.15, -0.1) is 0 Å². The number of benzene rings is 6. The molecule has 0 aliphatic carbocycles. The van der Waals surface area contributed by atoms with Crippen LogP contribution in [0.5, 0.6) is 0 Å². The Morgan fingerprint density at radius 3 is 1.40 bits per heavy atom. The van der Waals surface area contributed by atoms with Crippen LogP contribution in [-0.4, -0.2) is 9.13 Å². The van der Waals surface area contributed by atoms with Crippen LogP contribution >= 0.6 is 0 Å². The maximum Gasteiger partial charge on any atom is 0.0991 e. The average molecular weight is 575 g/mol. The zero-order chi connectivity index (χ0) is 30.3. The van der Waals surface area contributed by atoms with Crippen molar-refractivity contribution in [2.75, 3.05) is 0 Å². The summed E-state index contributed by atoms with van der Waals surface area (Å²) >= 11 is 0. The fourth-order valence-electron chi connectivity index (χ4n) is 6.67. The van der Waals surface area contributed by atoms with Gasteiger partial charge in [-0.2, -0.15) is 10.5 Å². The predicted molar refractivity (Wildman–Crippen MR) is 184 cm³/mol. The second kappa shape index (κ2) is 10.7. The summed E-state index contributed by atoms with van der Waals surface area (Å²) in [5, 5.41) is 24.4. The molecule has 0 atom stereocenters. The molecule has 0 aliphatic heterocycles. The van der Waals surface area contributed by atoms with Gasteiger partial charge in [0.05, 0.1) is 51.0 Å². The highest BCUT2D eigenvalue weighted by Gasteiger charge is 2.16. The van der Waals surface area contributed by atoms with Crippen molar-refractivity contribution in [2.45, 2.75) is 6.42 Å². The van der Waals surface area contributed by atoms with Crippen molar-refractivity contribution >= 4 is 49.7 Å². The number of rotatable bonds is 5. The van der Waals surface area contributed by atoms with Gasteiger partial charge < -0.3 is 9.13 Å². The van der Waals surface area contributed by atoms with Crippen LogP contribution < -0.4 is 0 Å². The lowest BCUT2D eigenvalue weighted by molar-refractivity contribution is 1.11. The maximum atomic E-state index is 9.80. The highest BCUT2D eigenvalue weighted by Crippen LogP contribution is 2.35. The average Bonchev–Trinajstić information content (AvgIpc) is 3.61. The monoisotopic (exact) mass is 574 g/mol. The van der Waals surface area contributed by atoms with Crippen molar-refractivity contribution in [3.8, 4) is 23.5 Å². The van der Waals surface area contributed by atoms with Crippen LogP contribution in [0, 0.1) is 22.7 Å². The smallest absolute Gasteiger partial charge is 0.0991 e. The minimum atomic E-state index is 0.606. The number of allylic oxidation sites excluding steroid dienone is 1. The first-order valence-electron chi connectivity index (χ1n) is 15.0. The van der Waals surface area contributed by atoms with Crippen molar-refractivity contribution in [3.05, 3.63) is 162 Å². The van der Waals surface area contributed by atoms with E-state index in [-0.39, 0.29) is 0 Å². The lowest BCUT2D eigenvalue weighted by Crippen LogP contribution is -2.00. The Kier molecular flexibility index (Phi) is 6.26. The summed E-state index contributed by atoms with van der Waals surface area (Å²) in [5.41, 5.74) is 9.79. The molecule has 0 radical (unpaired) electrons. The fraction of sp³-hybridized carbons (Fsp3) is 0.0244. The summed E-state index contributed by atoms with van der Waals surface area (Å²) in [6.07, 6.45) is 4.85. The Balaban J connectivity index is 1.27. The van der Waals surface area contributed by atoms with E-state index in [2.05, 4.69) is 137 Å². The largest absolute Gasteiger partial charge is 0.309 e. The normalized spacial score (nSPS) is 11.5. The summed E-state index contributed by atoms with van der Waals surface area (Å²) in [7, 11) is 0. The summed E-state index contributed by atoms with van der Waals surface area (Å²) in [4.78, 5) is 0. The molecule has 0 aliphatic rings. The fourth-order valence-corrected chi connectivity index (χ4v) is 6.67. The van der Waals surface area contributed by atoms with Gasteiger partial charge in [0.2, 0.25) is 0 Å². The first-order chi connectivity index (χ1) is 22.2. The molecular weight excluding hydrogens is 548 g/mol. The lowest BCUT2D eigenvalue weighted by Gasteiger charge is -2.14. The van der Waals surface area contributed by atoms with Crippen molar-refractivity contribution in [2.24, 2.45) is 0 Å². The molecular formula is C41H26N4. The summed E-state index contributed by atoms with van der Waals surface area (Å²) in [5.74, 6) is 0. The number of hydrogen-bond donors (Lipinski definition) is 0. The molecule has 4 heteroatoms. The van der Waals surface area contributed by atoms with E-state index in [0.717, 1.165) is 44.6 Å². The van der Waals surface area contributed by atoms with Crippen LogP contribution in [0.25, 0.3) is 61.1 Å². The number of nitrogens with zero attached hydrogens (tertiary/aromatic N) is 4. The topological polar surface area (TPSA) is 57.4 Å². The number of aromatic nitrogens is 2. The quantitative estimate of drug-likeness (QED) is 0.205. The van der Waals surface area contributed by atoms with Crippen molar-refractivity contribution in [3.63, 3.8) is 0 Å². The third-order valence-electron chi connectivity index (χ3n) is 8.64. The second-order valence-corrected chi connectivity index (χ2v) is 11.2. The Morgan fingerprint density at radius 2 is 0.911 bits per heavy atom. The van der Waals surface area contributed by atoms with Gasteiger partial charge in [0, 0.05) is 27.2 Å². The standard InChI is InChI=1S/C41H26N4/c42-26-28-20-22-36(44-38-16-5-1-12-32(38)33-13-2-6-17-39(33)44)30(24-28)10-9-11-31-25-29(27-43)21-23-37(31)45-40-18-7-3-14-34(40)35-15-4-8-19-41(35)45/h1-10,12-25H,11H2/b10-9+. The van der Waals surface area contributed by atoms with E-state index in [4.69, 9.17) is 0 Å². The van der Waals surface area contributed by atoms with E-state index in [1.54, 1.807) is 0 Å². The predicted octanol–water partition coefficient (Wildman–Crippen LogP) is 9.88. The van der Waals surface area contributed by atoms with Crippen LogP contribution in [0.15, 0.2) is 140 Å². The molecule has 0 spiro atoms. The molecule has 0 fully saturated rings. The number of hydrogen-bond acceptors (Lipinski definition) is 2. The molecule has 4 nitrogen and oxygen atoms in total. The number of fused-ring (bicyclic) bond motifs is 6. The molecule has 6 aromatic carbocycles. The maximum absolute atomic E-state index is 9.80. The van der Waals surface area contributed by atoms with Gasteiger partial charge in [-0.3, -0.25) is 0 Å². The molecule has 2 aromatic heterocycles. The molecule has 0 amide bonds. The third-order valence-corrected chi connectivity index (χ3v) is 8.64. The van der Waals surface area contributed by atoms with E-state index in [9.17, 15) is 10.5 Å². The molecule has 0 bridgehead atoms. The zero-order valence-corrected chi connectivity index (χ0v) is 24.4. The van der Waals surface area contributed by atoms with Crippen LogP contribution in [0.4, 0.5) is 0 Å².